The molecule has 0 aromatic carbocycles. The number of nitrogens with zero attached hydrogens (tertiary/aromatic N) is 3. The second-order valence-corrected chi connectivity index (χ2v) is 5.20. The number of fused-ring (bicyclic) bond motifs is 1. The number of rotatable bonds is 2. The first-order chi connectivity index (χ1) is 8.70. The molecule has 0 N–H and O–H groups in total. The van der Waals surface area contributed by atoms with Crippen LogP contribution in [-0.2, 0) is 11.3 Å². The van der Waals surface area contributed by atoms with Crippen LogP contribution in [0.15, 0.2) is 24.5 Å². The summed E-state index contributed by atoms with van der Waals surface area (Å²) in [5.41, 5.74) is 2.02. The molecule has 0 saturated carbocycles. The number of halogens is 1. The third kappa shape index (κ3) is 2.51. The summed E-state index contributed by atoms with van der Waals surface area (Å²) in [7, 11) is 0. The van der Waals surface area contributed by atoms with Crippen molar-refractivity contribution in [2.75, 3.05) is 19.7 Å². The fraction of sp³-hybridized carbons (Fsp3) is 0.462. The molecule has 3 rings (SSSR count). The molecule has 3 heterocycles. The first kappa shape index (κ1) is 12.0. The molecule has 0 spiro atoms. The van der Waals surface area contributed by atoms with E-state index in [0.717, 1.165) is 42.6 Å². The van der Waals surface area contributed by atoms with Crippen LogP contribution in [0.2, 0.25) is 5.02 Å². The minimum absolute atomic E-state index is 0.310. The lowest BCUT2D eigenvalue weighted by Crippen LogP contribution is -2.40. The summed E-state index contributed by atoms with van der Waals surface area (Å²) >= 11 is 5.96. The third-order valence-corrected chi connectivity index (χ3v) is 3.40. The van der Waals surface area contributed by atoms with Crippen molar-refractivity contribution >= 4 is 17.2 Å². The number of hydrogen-bond donors (Lipinski definition) is 0. The van der Waals surface area contributed by atoms with Gasteiger partial charge in [0.2, 0.25) is 0 Å². The molecule has 1 saturated heterocycles. The first-order valence-corrected chi connectivity index (χ1v) is 6.55. The predicted octanol–water partition coefficient (Wildman–Crippen LogP) is 2.21. The van der Waals surface area contributed by atoms with Gasteiger partial charge in [-0.15, -0.1) is 0 Å². The van der Waals surface area contributed by atoms with Crippen molar-refractivity contribution in [1.29, 1.82) is 0 Å². The van der Waals surface area contributed by atoms with E-state index in [-0.39, 0.29) is 0 Å². The highest BCUT2D eigenvalue weighted by Crippen LogP contribution is 2.14. The Morgan fingerprint density at radius 2 is 2.33 bits per heavy atom. The van der Waals surface area contributed by atoms with E-state index in [1.807, 2.05) is 28.9 Å². The van der Waals surface area contributed by atoms with E-state index in [0.29, 0.717) is 6.10 Å². The van der Waals surface area contributed by atoms with Crippen LogP contribution in [0.25, 0.3) is 5.65 Å². The Morgan fingerprint density at radius 1 is 1.44 bits per heavy atom. The largest absolute Gasteiger partial charge is 0.376 e. The van der Waals surface area contributed by atoms with Gasteiger partial charge in [-0.05, 0) is 19.1 Å². The smallest absolute Gasteiger partial charge is 0.137 e. The van der Waals surface area contributed by atoms with Crippen LogP contribution in [0.3, 0.4) is 0 Å². The predicted molar refractivity (Wildman–Crippen MR) is 70.9 cm³/mol. The topological polar surface area (TPSA) is 29.8 Å². The number of morpholine rings is 1. The summed E-state index contributed by atoms with van der Waals surface area (Å²) in [4.78, 5) is 6.97. The number of hydrogen-bond acceptors (Lipinski definition) is 3. The van der Waals surface area contributed by atoms with E-state index in [9.17, 15) is 0 Å². The summed E-state index contributed by atoms with van der Waals surface area (Å²) in [6.45, 7) is 5.72. The molecule has 96 valence electrons. The molecule has 0 bridgehead atoms. The van der Waals surface area contributed by atoms with Gasteiger partial charge < -0.3 is 9.14 Å². The highest BCUT2D eigenvalue weighted by molar-refractivity contribution is 6.30. The van der Waals surface area contributed by atoms with Gasteiger partial charge in [0, 0.05) is 32.0 Å². The maximum absolute atomic E-state index is 5.96. The van der Waals surface area contributed by atoms with E-state index in [1.165, 1.54) is 0 Å². The van der Waals surface area contributed by atoms with Crippen molar-refractivity contribution in [2.24, 2.45) is 0 Å². The van der Waals surface area contributed by atoms with Crippen molar-refractivity contribution in [1.82, 2.24) is 14.3 Å². The lowest BCUT2D eigenvalue weighted by molar-refractivity contribution is -0.0215. The molecule has 2 aromatic rings. The van der Waals surface area contributed by atoms with Gasteiger partial charge in [-0.25, -0.2) is 4.98 Å². The molecule has 18 heavy (non-hydrogen) atoms. The number of imidazole rings is 1. The molecule has 0 radical (unpaired) electrons. The zero-order chi connectivity index (χ0) is 12.5. The average molecular weight is 266 g/mol. The van der Waals surface area contributed by atoms with Crippen LogP contribution >= 0.6 is 11.6 Å². The van der Waals surface area contributed by atoms with Crippen LogP contribution in [-0.4, -0.2) is 40.1 Å². The van der Waals surface area contributed by atoms with Crippen LogP contribution < -0.4 is 0 Å². The van der Waals surface area contributed by atoms with Crippen LogP contribution in [0.5, 0.6) is 0 Å². The summed E-state index contributed by atoms with van der Waals surface area (Å²) in [5, 5.41) is 0.728. The monoisotopic (exact) mass is 265 g/mol. The fourth-order valence-corrected chi connectivity index (χ4v) is 2.52. The Kier molecular flexibility index (Phi) is 3.24. The second-order valence-electron chi connectivity index (χ2n) is 4.76. The second kappa shape index (κ2) is 4.88. The molecule has 0 amide bonds. The minimum atomic E-state index is 0.310. The number of pyridine rings is 1. The van der Waals surface area contributed by atoms with Crippen LogP contribution in [0, 0.1) is 0 Å². The molecule has 0 unspecified atom stereocenters. The van der Waals surface area contributed by atoms with Crippen LogP contribution in [0.4, 0.5) is 0 Å². The Bertz CT molecular complexity index is 554. The highest BCUT2D eigenvalue weighted by Gasteiger charge is 2.17. The summed E-state index contributed by atoms with van der Waals surface area (Å²) < 4.78 is 7.51. The summed E-state index contributed by atoms with van der Waals surface area (Å²) in [6, 6.07) is 3.80. The molecule has 1 atom stereocenters. The van der Waals surface area contributed by atoms with Crippen molar-refractivity contribution in [2.45, 2.75) is 19.6 Å². The Labute approximate surface area is 111 Å². The van der Waals surface area contributed by atoms with Gasteiger partial charge in [0.05, 0.1) is 23.4 Å². The summed E-state index contributed by atoms with van der Waals surface area (Å²) in [5.74, 6) is 0. The molecular formula is C13H16ClN3O. The van der Waals surface area contributed by atoms with Gasteiger partial charge >= 0.3 is 0 Å². The quantitative estimate of drug-likeness (QED) is 0.834. The number of aromatic nitrogens is 2. The minimum Gasteiger partial charge on any atom is -0.376 e. The van der Waals surface area contributed by atoms with Crippen molar-refractivity contribution < 1.29 is 4.74 Å². The zero-order valence-corrected chi connectivity index (χ0v) is 11.1. The lowest BCUT2D eigenvalue weighted by Gasteiger charge is -2.30. The molecule has 2 aromatic heterocycles. The number of ether oxygens (including phenoxy) is 1. The van der Waals surface area contributed by atoms with E-state index in [4.69, 9.17) is 16.3 Å². The standard InChI is InChI=1S/C13H16ClN3O/c1-10-6-16(4-5-18-10)8-12-9-17-7-11(14)2-3-13(17)15-12/h2-3,7,9-10H,4-6,8H2,1H3/t10-/m0/s1. The molecule has 1 fully saturated rings. The van der Waals surface area contributed by atoms with E-state index in [2.05, 4.69) is 16.8 Å². The van der Waals surface area contributed by atoms with E-state index in [1.54, 1.807) is 0 Å². The molecule has 1 aliphatic heterocycles. The van der Waals surface area contributed by atoms with E-state index < -0.39 is 0 Å². The van der Waals surface area contributed by atoms with Gasteiger partial charge in [0.15, 0.2) is 0 Å². The Morgan fingerprint density at radius 3 is 3.17 bits per heavy atom. The molecular weight excluding hydrogens is 250 g/mol. The molecule has 4 nitrogen and oxygen atoms in total. The maximum atomic E-state index is 5.96. The van der Waals surface area contributed by atoms with Crippen molar-refractivity contribution in [3.05, 3.63) is 35.2 Å². The zero-order valence-electron chi connectivity index (χ0n) is 10.3. The third-order valence-electron chi connectivity index (χ3n) is 3.18. The van der Waals surface area contributed by atoms with Crippen molar-refractivity contribution in [3.63, 3.8) is 0 Å². The van der Waals surface area contributed by atoms with Gasteiger partial charge in [-0.1, -0.05) is 11.6 Å². The fourth-order valence-electron chi connectivity index (χ4n) is 2.36. The summed E-state index contributed by atoms with van der Waals surface area (Å²) in [6.07, 6.45) is 4.24. The highest BCUT2D eigenvalue weighted by atomic mass is 35.5. The van der Waals surface area contributed by atoms with Gasteiger partial charge in [-0.2, -0.15) is 0 Å². The average Bonchev–Trinajstić information content (AvgIpc) is 2.70. The van der Waals surface area contributed by atoms with Gasteiger partial charge in [-0.3, -0.25) is 4.90 Å². The molecule has 1 aliphatic rings. The normalized spacial score (nSPS) is 21.6. The van der Waals surface area contributed by atoms with E-state index >= 15 is 0 Å². The van der Waals surface area contributed by atoms with Crippen LogP contribution in [0.1, 0.15) is 12.6 Å². The maximum Gasteiger partial charge on any atom is 0.137 e. The Balaban J connectivity index is 1.78. The molecule has 5 heteroatoms. The molecule has 0 aliphatic carbocycles. The SMILES string of the molecule is C[C@H]1CN(Cc2cn3cc(Cl)ccc3n2)CCO1. The lowest BCUT2D eigenvalue weighted by atomic mass is 10.3. The first-order valence-electron chi connectivity index (χ1n) is 6.18. The van der Waals surface area contributed by atoms with Crippen molar-refractivity contribution in [3.8, 4) is 0 Å². The Hall–Kier alpha value is -1.10. The van der Waals surface area contributed by atoms with Gasteiger partial charge in [0.1, 0.15) is 5.65 Å². The van der Waals surface area contributed by atoms with Gasteiger partial charge in [0.25, 0.3) is 0 Å².